The highest BCUT2D eigenvalue weighted by Gasteiger charge is 2.12. The summed E-state index contributed by atoms with van der Waals surface area (Å²) in [7, 11) is 0. The maximum Gasteiger partial charge on any atom is 0.324 e. The van der Waals surface area contributed by atoms with E-state index in [2.05, 4.69) is 0 Å². The van der Waals surface area contributed by atoms with Crippen LogP contribution in [0.1, 0.15) is 11.1 Å². The summed E-state index contributed by atoms with van der Waals surface area (Å²) in [6.45, 7) is 0. The van der Waals surface area contributed by atoms with Gasteiger partial charge < -0.3 is 10.8 Å². The zero-order valence-corrected chi connectivity index (χ0v) is 10.4. The molecule has 0 aliphatic rings. The van der Waals surface area contributed by atoms with Crippen LogP contribution in [0, 0.1) is 0 Å². The quantitative estimate of drug-likeness (QED) is 0.880. The smallest absolute Gasteiger partial charge is 0.324 e. The number of carboxylic acid groups (broad SMARTS) is 1. The van der Waals surface area contributed by atoms with Crippen molar-refractivity contribution in [3.05, 3.63) is 77.9 Å². The highest BCUT2D eigenvalue weighted by Crippen LogP contribution is 2.23. The second kappa shape index (κ2) is 5.98. The van der Waals surface area contributed by atoms with Crippen molar-refractivity contribution in [3.63, 3.8) is 0 Å². The van der Waals surface area contributed by atoms with Crippen LogP contribution < -0.4 is 5.73 Å². The molecule has 0 radical (unpaired) electrons. The Bertz CT molecular complexity index is 535. The molecule has 2 aromatic rings. The minimum atomic E-state index is -1.04. The molecule has 0 fully saturated rings. The number of hydrogen-bond donors (Lipinski definition) is 2. The molecule has 0 saturated heterocycles. The zero-order chi connectivity index (χ0) is 13.7. The Balaban J connectivity index is 2.49. The van der Waals surface area contributed by atoms with Gasteiger partial charge in [-0.2, -0.15) is 0 Å². The van der Waals surface area contributed by atoms with Crippen molar-refractivity contribution >= 4 is 11.5 Å². The van der Waals surface area contributed by atoms with E-state index in [0.29, 0.717) is 0 Å². The normalized spacial score (nSPS) is 11.6. The predicted molar refractivity (Wildman–Crippen MR) is 75.6 cm³/mol. The first-order valence-electron chi connectivity index (χ1n) is 5.99. The van der Waals surface area contributed by atoms with Crippen LogP contribution in [0.2, 0.25) is 0 Å². The van der Waals surface area contributed by atoms with Crippen molar-refractivity contribution in [3.8, 4) is 0 Å². The summed E-state index contributed by atoms with van der Waals surface area (Å²) in [5.41, 5.74) is 8.34. The molecule has 3 N–H and O–H groups in total. The molecule has 0 bridgehead atoms. The number of benzene rings is 2. The van der Waals surface area contributed by atoms with Crippen LogP contribution in [0.4, 0.5) is 0 Å². The molecule has 0 saturated carbocycles. The molecule has 3 nitrogen and oxygen atoms in total. The van der Waals surface area contributed by atoms with E-state index in [1.807, 2.05) is 60.7 Å². The van der Waals surface area contributed by atoms with Crippen LogP contribution in [0.15, 0.2) is 66.7 Å². The van der Waals surface area contributed by atoms with Crippen molar-refractivity contribution in [2.24, 2.45) is 5.73 Å². The highest BCUT2D eigenvalue weighted by atomic mass is 16.4. The summed E-state index contributed by atoms with van der Waals surface area (Å²) in [5.74, 6) is -1.04. The average molecular weight is 253 g/mol. The van der Waals surface area contributed by atoms with E-state index in [9.17, 15) is 4.79 Å². The summed E-state index contributed by atoms with van der Waals surface area (Å²) in [5, 5.41) is 8.96. The van der Waals surface area contributed by atoms with E-state index < -0.39 is 12.0 Å². The van der Waals surface area contributed by atoms with Gasteiger partial charge in [0.15, 0.2) is 0 Å². The van der Waals surface area contributed by atoms with E-state index in [1.165, 1.54) is 0 Å². The zero-order valence-electron chi connectivity index (χ0n) is 10.4. The fourth-order valence-corrected chi connectivity index (χ4v) is 1.85. The highest BCUT2D eigenvalue weighted by molar-refractivity contribution is 5.85. The molecule has 2 aromatic carbocycles. The first kappa shape index (κ1) is 13.1. The van der Waals surface area contributed by atoms with Crippen LogP contribution in [-0.2, 0) is 4.79 Å². The van der Waals surface area contributed by atoms with Gasteiger partial charge in [-0.05, 0) is 22.8 Å². The van der Waals surface area contributed by atoms with Gasteiger partial charge in [-0.3, -0.25) is 4.79 Å². The molecule has 1 atom stereocenters. The first-order valence-corrected chi connectivity index (χ1v) is 5.99. The van der Waals surface area contributed by atoms with Gasteiger partial charge in [0.25, 0.3) is 0 Å². The van der Waals surface area contributed by atoms with Crippen molar-refractivity contribution in [2.75, 3.05) is 0 Å². The first-order chi connectivity index (χ1) is 9.18. The van der Waals surface area contributed by atoms with E-state index >= 15 is 0 Å². The van der Waals surface area contributed by atoms with Crippen LogP contribution in [0.5, 0.6) is 0 Å². The van der Waals surface area contributed by atoms with Gasteiger partial charge in [0, 0.05) is 0 Å². The largest absolute Gasteiger partial charge is 0.480 e. The Morgan fingerprint density at radius 1 is 0.947 bits per heavy atom. The number of carbonyl (C=O) groups is 1. The van der Waals surface area contributed by atoms with Gasteiger partial charge in [-0.25, -0.2) is 0 Å². The third kappa shape index (κ3) is 3.30. The van der Waals surface area contributed by atoms with Gasteiger partial charge in [0.2, 0.25) is 0 Å². The van der Waals surface area contributed by atoms with Crippen LogP contribution in [0.25, 0.3) is 5.57 Å². The second-order valence-corrected chi connectivity index (χ2v) is 4.18. The lowest BCUT2D eigenvalue weighted by Crippen LogP contribution is -2.28. The second-order valence-electron chi connectivity index (χ2n) is 4.18. The SMILES string of the molecule is NC(C=C(c1ccccc1)c1ccccc1)C(=O)O. The third-order valence-electron chi connectivity index (χ3n) is 2.80. The van der Waals surface area contributed by atoms with E-state index in [0.717, 1.165) is 16.7 Å². The van der Waals surface area contributed by atoms with Gasteiger partial charge in [0.05, 0.1) is 0 Å². The Morgan fingerprint density at radius 2 is 1.37 bits per heavy atom. The molecule has 0 aliphatic carbocycles. The minimum absolute atomic E-state index is 0.830. The molecule has 0 spiro atoms. The lowest BCUT2D eigenvalue weighted by Gasteiger charge is -2.10. The number of aliphatic carboxylic acids is 1. The van der Waals surface area contributed by atoms with Crippen molar-refractivity contribution in [1.82, 2.24) is 0 Å². The Morgan fingerprint density at radius 3 is 1.74 bits per heavy atom. The molecule has 0 heterocycles. The van der Waals surface area contributed by atoms with E-state index in [-0.39, 0.29) is 0 Å². The van der Waals surface area contributed by atoms with Crippen molar-refractivity contribution in [2.45, 2.75) is 6.04 Å². The molecule has 2 rings (SSSR count). The summed E-state index contributed by atoms with van der Waals surface area (Å²) < 4.78 is 0. The topological polar surface area (TPSA) is 63.3 Å². The summed E-state index contributed by atoms with van der Waals surface area (Å²) in [4.78, 5) is 10.9. The van der Waals surface area contributed by atoms with Crippen LogP contribution in [-0.4, -0.2) is 17.1 Å². The molecular weight excluding hydrogens is 238 g/mol. The maximum atomic E-state index is 10.9. The third-order valence-corrected chi connectivity index (χ3v) is 2.80. The maximum absolute atomic E-state index is 10.9. The number of hydrogen-bond acceptors (Lipinski definition) is 2. The predicted octanol–water partition coefficient (Wildman–Crippen LogP) is 2.53. The molecule has 0 aromatic heterocycles. The lowest BCUT2D eigenvalue weighted by atomic mass is 9.96. The summed E-state index contributed by atoms with van der Waals surface area (Å²) >= 11 is 0. The number of rotatable bonds is 4. The summed E-state index contributed by atoms with van der Waals surface area (Å²) in [6, 6.07) is 18.2. The van der Waals surface area contributed by atoms with E-state index in [1.54, 1.807) is 6.08 Å². The molecule has 1 unspecified atom stereocenters. The molecular formula is C16H15NO2. The van der Waals surface area contributed by atoms with Crippen LogP contribution >= 0.6 is 0 Å². The van der Waals surface area contributed by atoms with E-state index in [4.69, 9.17) is 10.8 Å². The Labute approximate surface area is 112 Å². The fraction of sp³-hybridized carbons (Fsp3) is 0.0625. The standard InChI is InChI=1S/C16H15NO2/c17-15(16(18)19)11-14(12-7-3-1-4-8-12)13-9-5-2-6-10-13/h1-11,15H,17H2,(H,18,19). The molecule has 19 heavy (non-hydrogen) atoms. The molecule has 96 valence electrons. The van der Waals surface area contributed by atoms with Crippen LogP contribution in [0.3, 0.4) is 0 Å². The van der Waals surface area contributed by atoms with Gasteiger partial charge in [-0.15, -0.1) is 0 Å². The summed E-state index contributed by atoms with van der Waals surface area (Å²) in [6.07, 6.45) is 1.58. The number of nitrogens with two attached hydrogens (primary N) is 1. The molecule has 3 heteroatoms. The Hall–Kier alpha value is -2.39. The number of carboxylic acids is 1. The van der Waals surface area contributed by atoms with Gasteiger partial charge in [-0.1, -0.05) is 60.7 Å². The van der Waals surface area contributed by atoms with Gasteiger partial charge >= 0.3 is 5.97 Å². The van der Waals surface area contributed by atoms with Crippen molar-refractivity contribution in [1.29, 1.82) is 0 Å². The molecule has 0 amide bonds. The van der Waals surface area contributed by atoms with Crippen molar-refractivity contribution < 1.29 is 9.90 Å². The minimum Gasteiger partial charge on any atom is -0.480 e. The average Bonchev–Trinajstić information content (AvgIpc) is 2.46. The lowest BCUT2D eigenvalue weighted by molar-refractivity contribution is -0.137. The Kier molecular flexibility index (Phi) is 4.11. The van der Waals surface area contributed by atoms with Gasteiger partial charge in [0.1, 0.15) is 6.04 Å². The molecule has 0 aliphatic heterocycles. The monoisotopic (exact) mass is 253 g/mol. The fourth-order valence-electron chi connectivity index (χ4n) is 1.85.